The summed E-state index contributed by atoms with van der Waals surface area (Å²) >= 11 is 6.80. The first-order chi connectivity index (χ1) is 12.6. The molecule has 0 spiro atoms. The Balaban J connectivity index is 1.77. The van der Waals surface area contributed by atoms with E-state index in [2.05, 4.69) is 6.58 Å². The van der Waals surface area contributed by atoms with Crippen LogP contribution >= 0.6 is 24.0 Å². The minimum absolute atomic E-state index is 0.0525. The molecule has 3 rings (SSSR count). The lowest BCUT2D eigenvalue weighted by Gasteiger charge is -2.23. The van der Waals surface area contributed by atoms with E-state index < -0.39 is 0 Å². The minimum Gasteiger partial charge on any atom is -0.490 e. The molecule has 0 saturated carbocycles. The summed E-state index contributed by atoms with van der Waals surface area (Å²) in [4.78, 5) is 15.2. The zero-order valence-electron chi connectivity index (χ0n) is 14.4. The van der Waals surface area contributed by atoms with Gasteiger partial charge < -0.3 is 4.74 Å². The highest BCUT2D eigenvalue weighted by atomic mass is 32.2. The fourth-order valence-corrected chi connectivity index (χ4v) is 4.08. The number of hydrogen-bond donors (Lipinski definition) is 0. The number of nitrogens with zero attached hydrogens (tertiary/aromatic N) is 1. The van der Waals surface area contributed by atoms with Crippen molar-refractivity contribution in [1.82, 2.24) is 4.90 Å². The number of thiocarbonyl (C=S) groups is 1. The molecule has 0 radical (unpaired) electrons. The Morgan fingerprint density at radius 2 is 1.88 bits per heavy atom. The highest BCUT2D eigenvalue weighted by Crippen LogP contribution is 2.38. The monoisotopic (exact) mass is 381 g/mol. The highest BCUT2D eigenvalue weighted by molar-refractivity contribution is 8.26. The van der Waals surface area contributed by atoms with Crippen LogP contribution in [0.2, 0.25) is 0 Å². The summed E-state index contributed by atoms with van der Waals surface area (Å²) in [6.07, 6.45) is 3.57. The molecule has 0 aromatic heterocycles. The van der Waals surface area contributed by atoms with E-state index in [1.807, 2.05) is 67.6 Å². The van der Waals surface area contributed by atoms with Gasteiger partial charge in [-0.3, -0.25) is 9.69 Å². The predicted octanol–water partition coefficient (Wildman–Crippen LogP) is 5.21. The first-order valence-corrected chi connectivity index (χ1v) is 9.48. The maximum absolute atomic E-state index is 12.9. The van der Waals surface area contributed by atoms with Crippen LogP contribution in [0.3, 0.4) is 0 Å². The number of hydrogen-bond acceptors (Lipinski definition) is 4. The molecule has 1 atom stereocenters. The van der Waals surface area contributed by atoms with E-state index in [0.29, 0.717) is 15.8 Å². The van der Waals surface area contributed by atoms with Crippen molar-refractivity contribution in [1.29, 1.82) is 0 Å². The minimum atomic E-state index is -0.0933. The van der Waals surface area contributed by atoms with Gasteiger partial charge in [-0.1, -0.05) is 79.1 Å². The molecule has 2 aromatic carbocycles. The van der Waals surface area contributed by atoms with Gasteiger partial charge in [0.1, 0.15) is 16.7 Å². The Hall–Kier alpha value is -2.37. The van der Waals surface area contributed by atoms with Gasteiger partial charge in [0.2, 0.25) is 0 Å². The number of rotatable bonds is 6. The molecule has 0 aliphatic carbocycles. The van der Waals surface area contributed by atoms with Gasteiger partial charge in [0.05, 0.1) is 10.9 Å². The summed E-state index contributed by atoms with van der Waals surface area (Å²) in [5, 5.41) is 0. The summed E-state index contributed by atoms with van der Waals surface area (Å²) in [5.74, 6) is 0.718. The van der Waals surface area contributed by atoms with E-state index in [1.54, 1.807) is 11.0 Å². The van der Waals surface area contributed by atoms with Crippen LogP contribution in [0.1, 0.15) is 24.1 Å². The Morgan fingerprint density at radius 3 is 2.54 bits per heavy atom. The Labute approximate surface area is 163 Å². The van der Waals surface area contributed by atoms with Gasteiger partial charge in [-0.15, -0.1) is 0 Å². The fourth-order valence-electron chi connectivity index (χ4n) is 2.66. The normalized spacial score (nSPS) is 16.8. The second kappa shape index (κ2) is 8.34. The van der Waals surface area contributed by atoms with Crippen LogP contribution in [0.15, 0.2) is 72.2 Å². The fraction of sp³-hybridized carbons (Fsp3) is 0.143. The number of benzene rings is 2. The molecule has 0 N–H and O–H groups in total. The van der Waals surface area contributed by atoms with Crippen LogP contribution in [0.25, 0.3) is 6.08 Å². The number of ether oxygens (including phenoxy) is 1. The topological polar surface area (TPSA) is 29.5 Å². The van der Waals surface area contributed by atoms with Crippen LogP contribution in [0, 0.1) is 0 Å². The molecule has 3 nitrogen and oxygen atoms in total. The SMILES string of the molecule is C=CCOc1ccc(/C=C2/SC(=S)N([C@H](C)c3ccccc3)C2=O)cc1. The van der Waals surface area contributed by atoms with Gasteiger partial charge in [0.25, 0.3) is 5.91 Å². The second-order valence-corrected chi connectivity index (χ2v) is 7.48. The number of carbonyl (C=O) groups is 1. The van der Waals surface area contributed by atoms with E-state index >= 15 is 0 Å². The summed E-state index contributed by atoms with van der Waals surface area (Å²) in [6.45, 7) is 6.09. The van der Waals surface area contributed by atoms with Gasteiger partial charge in [-0.05, 0) is 36.3 Å². The maximum atomic E-state index is 12.9. The molecule has 1 aliphatic rings. The van der Waals surface area contributed by atoms with Gasteiger partial charge >= 0.3 is 0 Å². The zero-order chi connectivity index (χ0) is 18.5. The summed E-state index contributed by atoms with van der Waals surface area (Å²) in [7, 11) is 0. The standard InChI is InChI=1S/C21H19NO2S2/c1-3-13-24-18-11-9-16(10-12-18)14-19-20(23)22(21(25)26-19)15(2)17-7-5-4-6-8-17/h3-12,14-15H,1,13H2,2H3/b19-14+/t15-/m1/s1. The summed E-state index contributed by atoms with van der Waals surface area (Å²) in [5.41, 5.74) is 2.00. The van der Waals surface area contributed by atoms with Crippen LogP contribution in [-0.2, 0) is 4.79 Å². The molecule has 5 heteroatoms. The quantitative estimate of drug-likeness (QED) is 0.390. The lowest BCUT2D eigenvalue weighted by molar-refractivity contribution is -0.123. The Bertz CT molecular complexity index is 844. The van der Waals surface area contributed by atoms with Crippen molar-refractivity contribution in [2.75, 3.05) is 6.61 Å². The predicted molar refractivity (Wildman–Crippen MR) is 112 cm³/mol. The average Bonchev–Trinajstić information content (AvgIpc) is 2.94. The van der Waals surface area contributed by atoms with E-state index in [1.165, 1.54) is 11.8 Å². The molecule has 1 amide bonds. The summed E-state index contributed by atoms with van der Waals surface area (Å²) in [6, 6.07) is 17.4. The van der Waals surface area contributed by atoms with Crippen LogP contribution in [0.4, 0.5) is 0 Å². The molecule has 26 heavy (non-hydrogen) atoms. The van der Waals surface area contributed by atoms with Gasteiger partial charge in [-0.25, -0.2) is 0 Å². The van der Waals surface area contributed by atoms with Crippen molar-refractivity contribution in [2.45, 2.75) is 13.0 Å². The lowest BCUT2D eigenvalue weighted by Crippen LogP contribution is -2.30. The molecule has 132 valence electrons. The lowest BCUT2D eigenvalue weighted by atomic mass is 10.1. The van der Waals surface area contributed by atoms with E-state index in [9.17, 15) is 4.79 Å². The molecular weight excluding hydrogens is 362 g/mol. The molecule has 1 fully saturated rings. The van der Waals surface area contributed by atoms with Crippen LogP contribution in [0.5, 0.6) is 5.75 Å². The molecule has 2 aromatic rings. The van der Waals surface area contributed by atoms with Crippen LogP contribution in [-0.4, -0.2) is 21.7 Å². The van der Waals surface area contributed by atoms with Crippen LogP contribution < -0.4 is 4.74 Å². The van der Waals surface area contributed by atoms with Crippen molar-refractivity contribution < 1.29 is 9.53 Å². The molecular formula is C21H19NO2S2. The van der Waals surface area contributed by atoms with Crippen molar-refractivity contribution >= 4 is 40.3 Å². The largest absolute Gasteiger partial charge is 0.490 e. The van der Waals surface area contributed by atoms with E-state index in [4.69, 9.17) is 17.0 Å². The Kier molecular flexibility index (Phi) is 5.91. The van der Waals surface area contributed by atoms with E-state index in [-0.39, 0.29) is 11.9 Å². The van der Waals surface area contributed by atoms with Crippen molar-refractivity contribution in [2.24, 2.45) is 0 Å². The van der Waals surface area contributed by atoms with Crippen molar-refractivity contribution in [3.63, 3.8) is 0 Å². The third-order valence-corrected chi connectivity index (χ3v) is 5.37. The second-order valence-electron chi connectivity index (χ2n) is 5.81. The summed E-state index contributed by atoms with van der Waals surface area (Å²) < 4.78 is 6.06. The van der Waals surface area contributed by atoms with Crippen molar-refractivity contribution in [3.05, 3.63) is 83.3 Å². The molecule has 0 unspecified atom stereocenters. The third kappa shape index (κ3) is 4.06. The zero-order valence-corrected chi connectivity index (χ0v) is 16.1. The maximum Gasteiger partial charge on any atom is 0.266 e. The smallest absolute Gasteiger partial charge is 0.266 e. The van der Waals surface area contributed by atoms with Crippen molar-refractivity contribution in [3.8, 4) is 5.75 Å². The van der Waals surface area contributed by atoms with Gasteiger partial charge in [0, 0.05) is 0 Å². The van der Waals surface area contributed by atoms with E-state index in [0.717, 1.165) is 16.9 Å². The first-order valence-electron chi connectivity index (χ1n) is 8.26. The average molecular weight is 382 g/mol. The number of carbonyl (C=O) groups excluding carboxylic acids is 1. The third-order valence-electron chi connectivity index (χ3n) is 4.04. The van der Waals surface area contributed by atoms with Gasteiger partial charge in [-0.2, -0.15) is 0 Å². The highest BCUT2D eigenvalue weighted by Gasteiger charge is 2.35. The Morgan fingerprint density at radius 1 is 1.19 bits per heavy atom. The molecule has 1 aliphatic heterocycles. The molecule has 1 saturated heterocycles. The molecule has 0 bridgehead atoms. The molecule has 1 heterocycles. The first kappa shape index (κ1) is 18.4. The number of thioether (sulfide) groups is 1. The number of amides is 1. The van der Waals surface area contributed by atoms with Gasteiger partial charge in [0.15, 0.2) is 0 Å².